The van der Waals surface area contributed by atoms with Crippen LogP contribution in [0.1, 0.15) is 15.9 Å². The third-order valence-electron chi connectivity index (χ3n) is 5.04. The van der Waals surface area contributed by atoms with Crippen molar-refractivity contribution in [3.05, 3.63) is 71.8 Å². The molecule has 178 valence electrons. The summed E-state index contributed by atoms with van der Waals surface area (Å²) in [4.78, 5) is 12.4. The lowest BCUT2D eigenvalue weighted by molar-refractivity contribution is 0.0955. The molecule has 0 spiro atoms. The van der Waals surface area contributed by atoms with Gasteiger partial charge in [-0.05, 0) is 60.2 Å². The number of benzene rings is 3. The summed E-state index contributed by atoms with van der Waals surface area (Å²) in [6.45, 7) is 0. The maximum atomic E-state index is 12.4. The molecule has 0 bridgehead atoms. The van der Waals surface area contributed by atoms with E-state index >= 15 is 0 Å². The second-order valence-corrected chi connectivity index (χ2v) is 7.19. The number of nitrogens with one attached hydrogen (secondary N) is 1. The van der Waals surface area contributed by atoms with Gasteiger partial charge in [0.15, 0.2) is 11.5 Å². The van der Waals surface area contributed by atoms with Crippen molar-refractivity contribution in [2.75, 3.05) is 21.3 Å². The normalized spacial score (nSPS) is 10.8. The molecular formula is C25H22N4O6. The molecule has 0 aliphatic heterocycles. The van der Waals surface area contributed by atoms with Gasteiger partial charge in [0.1, 0.15) is 11.5 Å². The molecule has 35 heavy (non-hydrogen) atoms. The third-order valence-corrected chi connectivity index (χ3v) is 5.04. The first kappa shape index (κ1) is 23.3. The van der Waals surface area contributed by atoms with Gasteiger partial charge in [0.2, 0.25) is 5.89 Å². The minimum Gasteiger partial charge on any atom is -0.504 e. The summed E-state index contributed by atoms with van der Waals surface area (Å²) in [6.07, 6.45) is 1.42. The highest BCUT2D eigenvalue weighted by Crippen LogP contribution is 2.34. The van der Waals surface area contributed by atoms with Crippen molar-refractivity contribution in [3.63, 3.8) is 0 Å². The van der Waals surface area contributed by atoms with Crippen molar-refractivity contribution in [3.8, 4) is 45.9 Å². The Balaban J connectivity index is 1.43. The summed E-state index contributed by atoms with van der Waals surface area (Å²) in [5, 5.41) is 21.9. The van der Waals surface area contributed by atoms with Crippen molar-refractivity contribution >= 4 is 12.1 Å². The van der Waals surface area contributed by atoms with E-state index in [0.717, 1.165) is 0 Å². The predicted molar refractivity (Wildman–Crippen MR) is 128 cm³/mol. The molecule has 1 aromatic heterocycles. The number of hydrogen-bond donors (Lipinski definition) is 2. The number of rotatable bonds is 8. The van der Waals surface area contributed by atoms with Crippen LogP contribution >= 0.6 is 0 Å². The van der Waals surface area contributed by atoms with E-state index in [1.807, 2.05) is 0 Å². The van der Waals surface area contributed by atoms with Gasteiger partial charge in [0.25, 0.3) is 11.8 Å². The molecule has 0 aliphatic carbocycles. The largest absolute Gasteiger partial charge is 0.504 e. The first-order valence-corrected chi connectivity index (χ1v) is 10.4. The molecule has 0 fully saturated rings. The number of hydrogen-bond acceptors (Lipinski definition) is 9. The van der Waals surface area contributed by atoms with E-state index in [1.54, 1.807) is 68.8 Å². The second-order valence-electron chi connectivity index (χ2n) is 7.19. The van der Waals surface area contributed by atoms with Gasteiger partial charge in [-0.1, -0.05) is 0 Å². The average molecular weight is 474 g/mol. The summed E-state index contributed by atoms with van der Waals surface area (Å²) < 4.78 is 21.4. The molecular weight excluding hydrogens is 452 g/mol. The Morgan fingerprint density at radius 2 is 1.66 bits per heavy atom. The molecule has 4 aromatic rings. The Kier molecular flexibility index (Phi) is 6.91. The van der Waals surface area contributed by atoms with E-state index in [9.17, 15) is 9.90 Å². The van der Waals surface area contributed by atoms with Crippen molar-refractivity contribution < 1.29 is 28.5 Å². The number of phenols is 1. The minimum atomic E-state index is -0.403. The summed E-state index contributed by atoms with van der Waals surface area (Å²) in [7, 11) is 4.58. The van der Waals surface area contributed by atoms with Gasteiger partial charge in [-0.25, -0.2) is 5.43 Å². The van der Waals surface area contributed by atoms with Crippen LogP contribution in [-0.4, -0.2) is 48.8 Å². The van der Waals surface area contributed by atoms with E-state index in [2.05, 4.69) is 20.7 Å². The molecule has 10 heteroatoms. The average Bonchev–Trinajstić information content (AvgIpc) is 3.38. The Bertz CT molecular complexity index is 1360. The van der Waals surface area contributed by atoms with Crippen LogP contribution in [0.4, 0.5) is 0 Å². The molecule has 2 N–H and O–H groups in total. The summed E-state index contributed by atoms with van der Waals surface area (Å²) >= 11 is 0. The fourth-order valence-electron chi connectivity index (χ4n) is 3.21. The van der Waals surface area contributed by atoms with E-state index in [-0.39, 0.29) is 5.75 Å². The molecule has 0 saturated heterocycles. The quantitative estimate of drug-likeness (QED) is 0.291. The number of ether oxygens (including phenoxy) is 3. The zero-order valence-corrected chi connectivity index (χ0v) is 19.2. The van der Waals surface area contributed by atoms with Crippen molar-refractivity contribution in [2.45, 2.75) is 0 Å². The van der Waals surface area contributed by atoms with Gasteiger partial charge in [-0.3, -0.25) is 4.79 Å². The second kappa shape index (κ2) is 10.4. The Morgan fingerprint density at radius 1 is 0.914 bits per heavy atom. The lowest BCUT2D eigenvalue weighted by Gasteiger charge is -2.07. The maximum absolute atomic E-state index is 12.4. The Hall–Kier alpha value is -4.86. The van der Waals surface area contributed by atoms with Gasteiger partial charge in [-0.2, -0.15) is 5.10 Å². The number of amides is 1. The number of nitrogens with zero attached hydrogens (tertiary/aromatic N) is 3. The molecule has 0 radical (unpaired) electrons. The number of phenolic OH excluding ortho intramolecular Hbond substituents is 1. The number of methoxy groups -OCH3 is 3. The fourth-order valence-corrected chi connectivity index (χ4v) is 3.21. The van der Waals surface area contributed by atoms with Crippen molar-refractivity contribution in [1.29, 1.82) is 0 Å². The highest BCUT2D eigenvalue weighted by molar-refractivity contribution is 5.95. The van der Waals surface area contributed by atoms with Crippen LogP contribution in [0.25, 0.3) is 22.9 Å². The molecule has 10 nitrogen and oxygen atoms in total. The van der Waals surface area contributed by atoms with E-state index < -0.39 is 5.91 Å². The molecule has 0 aliphatic rings. The zero-order chi connectivity index (χ0) is 24.8. The number of carbonyl (C=O) groups excluding carboxylic acids is 1. The van der Waals surface area contributed by atoms with Gasteiger partial charge in [-0.15, -0.1) is 10.2 Å². The minimum absolute atomic E-state index is 0.0204. The van der Waals surface area contributed by atoms with E-state index in [1.165, 1.54) is 19.4 Å². The predicted octanol–water partition coefficient (Wildman–Crippen LogP) is 3.90. The number of aromatic nitrogens is 2. The summed E-state index contributed by atoms with van der Waals surface area (Å²) in [5.74, 6) is 1.69. The topological polar surface area (TPSA) is 128 Å². The molecule has 3 aromatic carbocycles. The first-order valence-electron chi connectivity index (χ1n) is 10.4. The number of aromatic hydroxyl groups is 1. The first-order chi connectivity index (χ1) is 17.0. The Labute approximate surface area is 200 Å². The molecule has 0 saturated carbocycles. The van der Waals surface area contributed by atoms with E-state index in [4.69, 9.17) is 18.6 Å². The number of carbonyl (C=O) groups is 1. The van der Waals surface area contributed by atoms with Gasteiger partial charge in [0, 0.05) is 17.2 Å². The van der Waals surface area contributed by atoms with Crippen LogP contribution in [-0.2, 0) is 0 Å². The standard InChI is InChI=1S/C25H22N4O6/c1-32-18-9-10-19(22(13-18)34-3)25-29-28-24(35-25)17-7-5-16(6-8-17)23(31)27-26-14-15-4-11-21(33-2)20(30)12-15/h4-14,30H,1-3H3,(H,27,31)/b26-14+. The lowest BCUT2D eigenvalue weighted by atomic mass is 10.1. The fraction of sp³-hybridized carbons (Fsp3) is 0.120. The zero-order valence-electron chi connectivity index (χ0n) is 19.2. The van der Waals surface area contributed by atoms with Crippen molar-refractivity contribution in [2.24, 2.45) is 5.10 Å². The SMILES string of the molecule is COc1ccc(-c2nnc(-c3ccc(C(=O)N/N=C/c4ccc(OC)c(O)c4)cc3)o2)c(OC)c1. The number of hydrazone groups is 1. The molecule has 1 amide bonds. The van der Waals surface area contributed by atoms with Crippen molar-refractivity contribution in [1.82, 2.24) is 15.6 Å². The molecule has 0 unspecified atom stereocenters. The van der Waals surface area contributed by atoms with Crippen LogP contribution in [0, 0.1) is 0 Å². The smallest absolute Gasteiger partial charge is 0.271 e. The van der Waals surface area contributed by atoms with Crippen LogP contribution < -0.4 is 19.6 Å². The van der Waals surface area contributed by atoms with Gasteiger partial charge < -0.3 is 23.7 Å². The maximum Gasteiger partial charge on any atom is 0.271 e. The van der Waals surface area contributed by atoms with Gasteiger partial charge in [0.05, 0.1) is 33.1 Å². The molecule has 1 heterocycles. The van der Waals surface area contributed by atoms with Gasteiger partial charge >= 0.3 is 0 Å². The van der Waals surface area contributed by atoms with E-state index in [0.29, 0.717) is 51.3 Å². The summed E-state index contributed by atoms with van der Waals surface area (Å²) in [6, 6.07) is 16.7. The van der Waals surface area contributed by atoms with Crippen LogP contribution in [0.15, 0.2) is 70.2 Å². The lowest BCUT2D eigenvalue weighted by Crippen LogP contribution is -2.17. The highest BCUT2D eigenvalue weighted by atomic mass is 16.5. The Morgan fingerprint density at radius 3 is 2.34 bits per heavy atom. The van der Waals surface area contributed by atoms with Crippen LogP contribution in [0.3, 0.4) is 0 Å². The molecule has 0 atom stereocenters. The molecule has 4 rings (SSSR count). The summed E-state index contributed by atoms with van der Waals surface area (Å²) in [5.41, 5.74) is 4.70. The third kappa shape index (κ3) is 5.22. The van der Waals surface area contributed by atoms with Crippen LogP contribution in [0.2, 0.25) is 0 Å². The highest BCUT2D eigenvalue weighted by Gasteiger charge is 2.16. The monoisotopic (exact) mass is 474 g/mol. The van der Waals surface area contributed by atoms with Crippen LogP contribution in [0.5, 0.6) is 23.0 Å².